The Labute approximate surface area is 106 Å². The molecule has 0 radical (unpaired) electrons. The first kappa shape index (κ1) is 12.3. The predicted octanol–water partition coefficient (Wildman–Crippen LogP) is 2.98. The molecule has 0 aliphatic carbocycles. The first-order chi connectivity index (χ1) is 8.16. The van der Waals surface area contributed by atoms with Gasteiger partial charge >= 0.3 is 0 Å². The second-order valence-electron chi connectivity index (χ2n) is 4.37. The van der Waals surface area contributed by atoms with E-state index in [1.54, 1.807) is 6.33 Å². The number of nitrogens with zero attached hydrogens (tertiary/aromatic N) is 1. The number of rotatable bonds is 5. The molecule has 0 saturated heterocycles. The van der Waals surface area contributed by atoms with Crippen molar-refractivity contribution >= 4 is 11.3 Å². The minimum atomic E-state index is 0.419. The normalized spacial score (nSPS) is 12.9. The van der Waals surface area contributed by atoms with Gasteiger partial charge in [-0.25, -0.2) is 4.98 Å². The third-order valence-electron chi connectivity index (χ3n) is 2.95. The zero-order valence-corrected chi connectivity index (χ0v) is 11.4. The van der Waals surface area contributed by atoms with Crippen molar-refractivity contribution in [3.05, 3.63) is 39.6 Å². The zero-order valence-electron chi connectivity index (χ0n) is 10.6. The lowest BCUT2D eigenvalue weighted by atomic mass is 10.1. The molecule has 3 nitrogen and oxygen atoms in total. The van der Waals surface area contributed by atoms with Gasteiger partial charge in [-0.1, -0.05) is 0 Å². The second kappa shape index (κ2) is 5.47. The molecule has 0 amide bonds. The number of aromatic nitrogens is 2. The number of thiophene rings is 1. The van der Waals surface area contributed by atoms with E-state index in [9.17, 15) is 0 Å². The molecule has 2 heterocycles. The first-order valence-electron chi connectivity index (χ1n) is 5.94. The number of imidazole rings is 1. The summed E-state index contributed by atoms with van der Waals surface area (Å²) < 4.78 is 0. The average Bonchev–Trinajstić information content (AvgIpc) is 2.88. The molecule has 0 fully saturated rings. The largest absolute Gasteiger partial charge is 0.348 e. The minimum absolute atomic E-state index is 0.419. The van der Waals surface area contributed by atoms with Crippen molar-refractivity contribution in [3.63, 3.8) is 0 Å². The highest BCUT2D eigenvalue weighted by Crippen LogP contribution is 2.25. The summed E-state index contributed by atoms with van der Waals surface area (Å²) in [4.78, 5) is 9.94. The summed E-state index contributed by atoms with van der Waals surface area (Å²) in [6.07, 6.45) is 4.60. The number of nitrogens with one attached hydrogen (secondary N) is 2. The van der Waals surface area contributed by atoms with Gasteiger partial charge in [0.05, 0.1) is 6.33 Å². The highest BCUT2D eigenvalue weighted by molar-refractivity contribution is 7.12. The Morgan fingerprint density at radius 1 is 1.47 bits per heavy atom. The average molecular weight is 249 g/mol. The fourth-order valence-corrected chi connectivity index (χ4v) is 3.06. The summed E-state index contributed by atoms with van der Waals surface area (Å²) in [6.45, 7) is 7.55. The van der Waals surface area contributed by atoms with Crippen molar-refractivity contribution in [2.45, 2.75) is 33.2 Å². The maximum atomic E-state index is 4.01. The van der Waals surface area contributed by atoms with E-state index in [2.05, 4.69) is 42.1 Å². The standard InChI is InChI=1S/C13H19N3S/c1-9-6-13(11(3)17-9)10(2)15-5-4-12-7-14-8-16-12/h6-8,10,15H,4-5H2,1-3H3,(H,14,16). The Hall–Kier alpha value is -1.13. The molecule has 0 saturated carbocycles. The lowest BCUT2D eigenvalue weighted by molar-refractivity contribution is 0.574. The van der Waals surface area contributed by atoms with Crippen LogP contribution in [0.5, 0.6) is 0 Å². The quantitative estimate of drug-likeness (QED) is 0.855. The van der Waals surface area contributed by atoms with Crippen molar-refractivity contribution in [1.82, 2.24) is 15.3 Å². The van der Waals surface area contributed by atoms with Crippen molar-refractivity contribution in [3.8, 4) is 0 Å². The van der Waals surface area contributed by atoms with Crippen LogP contribution in [0.25, 0.3) is 0 Å². The van der Waals surface area contributed by atoms with Crippen LogP contribution in [0.4, 0.5) is 0 Å². The van der Waals surface area contributed by atoms with Crippen LogP contribution in [0.1, 0.15) is 34.0 Å². The van der Waals surface area contributed by atoms with Crippen molar-refractivity contribution in [1.29, 1.82) is 0 Å². The number of hydrogen-bond donors (Lipinski definition) is 2. The summed E-state index contributed by atoms with van der Waals surface area (Å²) in [7, 11) is 0. The molecular weight excluding hydrogens is 230 g/mol. The predicted molar refractivity (Wildman–Crippen MR) is 72.5 cm³/mol. The summed E-state index contributed by atoms with van der Waals surface area (Å²) in [6, 6.07) is 2.70. The third-order valence-corrected chi connectivity index (χ3v) is 3.93. The van der Waals surface area contributed by atoms with Crippen LogP contribution in [-0.4, -0.2) is 16.5 Å². The first-order valence-corrected chi connectivity index (χ1v) is 6.76. The molecule has 1 atom stereocenters. The molecule has 92 valence electrons. The van der Waals surface area contributed by atoms with E-state index < -0.39 is 0 Å². The van der Waals surface area contributed by atoms with Crippen LogP contribution in [0.15, 0.2) is 18.6 Å². The van der Waals surface area contributed by atoms with Crippen LogP contribution < -0.4 is 5.32 Å². The van der Waals surface area contributed by atoms with Crippen molar-refractivity contribution in [2.24, 2.45) is 0 Å². The van der Waals surface area contributed by atoms with E-state index >= 15 is 0 Å². The molecule has 0 aliphatic rings. The van der Waals surface area contributed by atoms with Gasteiger partial charge in [0.25, 0.3) is 0 Å². The fourth-order valence-electron chi connectivity index (χ4n) is 2.04. The van der Waals surface area contributed by atoms with Gasteiger partial charge in [-0.3, -0.25) is 0 Å². The molecule has 0 spiro atoms. The smallest absolute Gasteiger partial charge is 0.0921 e. The number of aromatic amines is 1. The summed E-state index contributed by atoms with van der Waals surface area (Å²) in [5, 5.41) is 3.55. The SMILES string of the molecule is Cc1cc(C(C)NCCc2cnc[nH]2)c(C)s1. The Balaban J connectivity index is 1.85. The Morgan fingerprint density at radius 2 is 2.29 bits per heavy atom. The van der Waals surface area contributed by atoms with Crippen LogP contribution in [0.2, 0.25) is 0 Å². The molecule has 2 aromatic heterocycles. The molecule has 0 bridgehead atoms. The maximum Gasteiger partial charge on any atom is 0.0921 e. The topological polar surface area (TPSA) is 40.7 Å². The summed E-state index contributed by atoms with van der Waals surface area (Å²) in [5.41, 5.74) is 2.61. The molecule has 2 rings (SSSR count). The Morgan fingerprint density at radius 3 is 2.88 bits per heavy atom. The van der Waals surface area contributed by atoms with Gasteiger partial charge < -0.3 is 10.3 Å². The molecule has 0 aromatic carbocycles. The van der Waals surface area contributed by atoms with Crippen molar-refractivity contribution in [2.75, 3.05) is 6.54 Å². The molecule has 2 N–H and O–H groups in total. The summed E-state index contributed by atoms with van der Waals surface area (Å²) in [5.74, 6) is 0. The van der Waals surface area contributed by atoms with Gasteiger partial charge in [0, 0.05) is 40.7 Å². The molecule has 4 heteroatoms. The molecule has 17 heavy (non-hydrogen) atoms. The van der Waals surface area contributed by atoms with E-state index in [0.29, 0.717) is 6.04 Å². The number of aryl methyl sites for hydroxylation is 2. The number of hydrogen-bond acceptors (Lipinski definition) is 3. The molecule has 2 aromatic rings. The zero-order chi connectivity index (χ0) is 12.3. The summed E-state index contributed by atoms with van der Waals surface area (Å²) >= 11 is 1.87. The Kier molecular flexibility index (Phi) is 3.97. The van der Waals surface area contributed by atoms with Crippen LogP contribution >= 0.6 is 11.3 Å². The van der Waals surface area contributed by atoms with Crippen LogP contribution in [0, 0.1) is 13.8 Å². The lowest BCUT2D eigenvalue weighted by Gasteiger charge is -2.13. The van der Waals surface area contributed by atoms with Crippen LogP contribution in [0.3, 0.4) is 0 Å². The van der Waals surface area contributed by atoms with Gasteiger partial charge in [-0.05, 0) is 32.4 Å². The molecule has 1 unspecified atom stereocenters. The minimum Gasteiger partial charge on any atom is -0.348 e. The molecular formula is C13H19N3S. The van der Waals surface area contributed by atoms with Gasteiger partial charge in [-0.15, -0.1) is 11.3 Å². The third kappa shape index (κ3) is 3.17. The van der Waals surface area contributed by atoms with E-state index in [0.717, 1.165) is 13.0 Å². The van der Waals surface area contributed by atoms with Gasteiger partial charge in [0.15, 0.2) is 0 Å². The monoisotopic (exact) mass is 249 g/mol. The maximum absolute atomic E-state index is 4.01. The second-order valence-corrected chi connectivity index (χ2v) is 5.83. The Bertz CT molecular complexity index is 459. The molecule has 0 aliphatic heterocycles. The van der Waals surface area contributed by atoms with Gasteiger partial charge in [-0.2, -0.15) is 0 Å². The van der Waals surface area contributed by atoms with Crippen molar-refractivity contribution < 1.29 is 0 Å². The highest BCUT2D eigenvalue weighted by Gasteiger charge is 2.10. The van der Waals surface area contributed by atoms with Gasteiger partial charge in [0.2, 0.25) is 0 Å². The highest BCUT2D eigenvalue weighted by atomic mass is 32.1. The van der Waals surface area contributed by atoms with E-state index in [-0.39, 0.29) is 0 Å². The van der Waals surface area contributed by atoms with E-state index in [1.165, 1.54) is 21.0 Å². The van der Waals surface area contributed by atoms with Crippen LogP contribution in [-0.2, 0) is 6.42 Å². The van der Waals surface area contributed by atoms with E-state index in [1.807, 2.05) is 17.5 Å². The fraction of sp³-hybridized carbons (Fsp3) is 0.462. The van der Waals surface area contributed by atoms with E-state index in [4.69, 9.17) is 0 Å². The van der Waals surface area contributed by atoms with Gasteiger partial charge in [0.1, 0.15) is 0 Å². The number of H-pyrrole nitrogens is 1. The lowest BCUT2D eigenvalue weighted by Crippen LogP contribution is -2.21.